The van der Waals surface area contributed by atoms with Gasteiger partial charge in [0, 0.05) is 6.20 Å². The second-order valence-corrected chi connectivity index (χ2v) is 3.02. The van der Waals surface area contributed by atoms with E-state index in [1.54, 1.807) is 25.3 Å². The molecular weight excluding hydrogens is 196 g/mol. The van der Waals surface area contributed by atoms with E-state index in [0.29, 0.717) is 0 Å². The fourth-order valence-electron chi connectivity index (χ4n) is 1.13. The minimum atomic E-state index is 0.0196. The molecule has 0 spiro atoms. The number of oxime groups is 2. The number of aromatic nitrogens is 1. The van der Waals surface area contributed by atoms with Crippen LogP contribution in [0.4, 0.5) is 0 Å². The summed E-state index contributed by atoms with van der Waals surface area (Å²) in [5.41, 5.74) is 1.03. The molecule has 1 rings (SSSR count). The van der Waals surface area contributed by atoms with Gasteiger partial charge in [-0.05, 0) is 25.5 Å². The van der Waals surface area contributed by atoms with Gasteiger partial charge in [0.1, 0.15) is 11.2 Å². The molecule has 15 heavy (non-hydrogen) atoms. The Morgan fingerprint density at radius 2 is 2.07 bits per heavy atom. The first kappa shape index (κ1) is 11.0. The van der Waals surface area contributed by atoms with Crippen LogP contribution in [0.3, 0.4) is 0 Å². The maximum atomic E-state index is 8.79. The first-order valence-electron chi connectivity index (χ1n) is 4.26. The molecule has 0 aromatic carbocycles. The fourth-order valence-corrected chi connectivity index (χ4v) is 1.13. The highest BCUT2D eigenvalue weighted by Crippen LogP contribution is 1.92. The van der Waals surface area contributed by atoms with Gasteiger partial charge in [0.25, 0.3) is 0 Å². The molecule has 0 saturated carbocycles. The zero-order valence-electron chi connectivity index (χ0n) is 8.47. The van der Waals surface area contributed by atoms with E-state index in [1.807, 2.05) is 0 Å². The van der Waals surface area contributed by atoms with E-state index in [2.05, 4.69) is 10.3 Å². The van der Waals surface area contributed by atoms with Crippen molar-refractivity contribution < 1.29 is 10.4 Å². The Labute approximate surface area is 86.3 Å². The van der Waals surface area contributed by atoms with E-state index in [-0.39, 0.29) is 17.0 Å². The van der Waals surface area contributed by atoms with Crippen LogP contribution in [0.15, 0.2) is 28.6 Å². The van der Waals surface area contributed by atoms with Gasteiger partial charge in [-0.15, -0.1) is 0 Å². The van der Waals surface area contributed by atoms with Gasteiger partial charge in [-0.1, -0.05) is 16.4 Å². The Morgan fingerprint density at radius 1 is 1.40 bits per heavy atom. The van der Waals surface area contributed by atoms with Gasteiger partial charge in [0.05, 0.1) is 0 Å². The highest BCUT2D eigenvalue weighted by molar-refractivity contribution is 6.40. The van der Waals surface area contributed by atoms with E-state index >= 15 is 0 Å². The minimum absolute atomic E-state index is 0.0196. The summed E-state index contributed by atoms with van der Waals surface area (Å²) in [4.78, 5) is 0. The van der Waals surface area contributed by atoms with E-state index < -0.39 is 0 Å². The van der Waals surface area contributed by atoms with Gasteiger partial charge in [-0.2, -0.15) is 0 Å². The molecule has 0 bridgehead atoms. The van der Waals surface area contributed by atoms with Crippen molar-refractivity contribution in [2.75, 3.05) is 0 Å². The summed E-state index contributed by atoms with van der Waals surface area (Å²) in [6, 6.07) is 3.47. The summed E-state index contributed by atoms with van der Waals surface area (Å²) in [5, 5.41) is 31.0. The van der Waals surface area contributed by atoms with Crippen molar-refractivity contribution in [3.8, 4) is 0 Å². The van der Waals surface area contributed by atoms with Crippen molar-refractivity contribution in [3.63, 3.8) is 0 Å². The zero-order chi connectivity index (χ0) is 11.4. The highest BCUT2D eigenvalue weighted by Gasteiger charge is 2.08. The number of rotatable bonds is 1. The topological polar surface area (TPSA) is 94.0 Å². The second kappa shape index (κ2) is 4.41. The molecule has 1 aromatic rings. The minimum Gasteiger partial charge on any atom is -0.411 e. The van der Waals surface area contributed by atoms with Crippen LogP contribution in [0.2, 0.25) is 0 Å². The molecule has 0 aliphatic carbocycles. The predicted octanol–water partition coefficient (Wildman–Crippen LogP) is 0.762. The summed E-state index contributed by atoms with van der Waals surface area (Å²) in [5.74, 6) is 0.0196. The van der Waals surface area contributed by atoms with Crippen molar-refractivity contribution >= 4 is 11.5 Å². The molecule has 0 aliphatic heterocycles. The van der Waals surface area contributed by atoms with E-state index in [9.17, 15) is 0 Å². The summed E-state index contributed by atoms with van der Waals surface area (Å²) < 4.78 is 1.32. The van der Waals surface area contributed by atoms with Crippen molar-refractivity contribution in [1.29, 1.82) is 5.41 Å². The summed E-state index contributed by atoms with van der Waals surface area (Å²) in [7, 11) is 0. The number of aryl methyl sites for hydroxylation is 1. The van der Waals surface area contributed by atoms with Crippen LogP contribution >= 0.6 is 0 Å². The third kappa shape index (κ3) is 2.04. The first-order chi connectivity index (χ1) is 7.11. The zero-order valence-corrected chi connectivity index (χ0v) is 8.47. The maximum Gasteiger partial charge on any atom is 0.202 e. The molecule has 1 aromatic heterocycles. The molecule has 0 atom stereocenters. The number of nitrogens with one attached hydrogen (secondary N) is 1. The fraction of sp³-hybridized carbons (Fsp3) is 0.222. The smallest absolute Gasteiger partial charge is 0.202 e. The lowest BCUT2D eigenvalue weighted by Crippen LogP contribution is -2.32. The Kier molecular flexibility index (Phi) is 3.22. The molecular formula is C9H12N4O2. The van der Waals surface area contributed by atoms with Crippen molar-refractivity contribution in [2.24, 2.45) is 10.3 Å². The Morgan fingerprint density at radius 3 is 2.60 bits per heavy atom. The van der Waals surface area contributed by atoms with Gasteiger partial charge >= 0.3 is 0 Å². The molecule has 0 radical (unpaired) electrons. The van der Waals surface area contributed by atoms with Crippen LogP contribution in [0, 0.1) is 12.3 Å². The van der Waals surface area contributed by atoms with Gasteiger partial charge < -0.3 is 10.4 Å². The Hall–Kier alpha value is -2.11. The van der Waals surface area contributed by atoms with Crippen LogP contribution < -0.4 is 5.49 Å². The number of hydrogen-bond donors (Lipinski definition) is 3. The second-order valence-electron chi connectivity index (χ2n) is 3.02. The molecule has 1 heterocycles. The maximum absolute atomic E-state index is 8.79. The molecule has 0 fully saturated rings. The van der Waals surface area contributed by atoms with Crippen molar-refractivity contribution in [3.05, 3.63) is 29.4 Å². The van der Waals surface area contributed by atoms with E-state index in [1.165, 1.54) is 11.5 Å². The van der Waals surface area contributed by atoms with Crippen LogP contribution in [-0.4, -0.2) is 26.5 Å². The predicted molar refractivity (Wildman–Crippen MR) is 54.5 cm³/mol. The number of pyridine rings is 1. The largest absolute Gasteiger partial charge is 0.411 e. The third-order valence-corrected chi connectivity index (χ3v) is 1.99. The average molecular weight is 208 g/mol. The lowest BCUT2D eigenvalue weighted by atomic mass is 10.3. The average Bonchev–Trinajstić information content (AvgIpc) is 2.24. The van der Waals surface area contributed by atoms with E-state index in [0.717, 1.165) is 5.56 Å². The van der Waals surface area contributed by atoms with Crippen LogP contribution in [-0.2, 0) is 0 Å². The molecule has 6 heteroatoms. The molecule has 0 unspecified atom stereocenters. The lowest BCUT2D eigenvalue weighted by molar-refractivity contribution is 0.312. The van der Waals surface area contributed by atoms with Crippen LogP contribution in [0.1, 0.15) is 12.5 Å². The molecule has 80 valence electrons. The quantitative estimate of drug-likeness (QED) is 0.275. The summed E-state index contributed by atoms with van der Waals surface area (Å²) in [6.45, 7) is 3.24. The molecule has 3 N–H and O–H groups in total. The third-order valence-electron chi connectivity index (χ3n) is 1.99. The highest BCUT2D eigenvalue weighted by atomic mass is 16.4. The van der Waals surface area contributed by atoms with Gasteiger partial charge in [-0.3, -0.25) is 9.98 Å². The van der Waals surface area contributed by atoms with Crippen molar-refractivity contribution in [1.82, 2.24) is 4.57 Å². The SMILES string of the molecule is CC(=N\O)/C(=N\O)n1cccc(C)c1=N. The van der Waals surface area contributed by atoms with Crippen molar-refractivity contribution in [2.45, 2.75) is 13.8 Å². The van der Waals surface area contributed by atoms with Crippen LogP contribution in [0.5, 0.6) is 0 Å². The Bertz CT molecular complexity index is 473. The molecule has 6 nitrogen and oxygen atoms in total. The molecule has 0 amide bonds. The van der Waals surface area contributed by atoms with Crippen LogP contribution in [0.25, 0.3) is 0 Å². The van der Waals surface area contributed by atoms with Gasteiger partial charge in [0.15, 0.2) is 0 Å². The molecule has 0 aliphatic rings. The summed E-state index contributed by atoms with van der Waals surface area (Å²) in [6.07, 6.45) is 1.55. The number of nitrogens with zero attached hydrogens (tertiary/aromatic N) is 3. The van der Waals surface area contributed by atoms with E-state index in [4.69, 9.17) is 15.8 Å². The number of hydrogen-bond acceptors (Lipinski definition) is 5. The first-order valence-corrected chi connectivity index (χ1v) is 4.26. The monoisotopic (exact) mass is 208 g/mol. The van der Waals surface area contributed by atoms with Gasteiger partial charge in [-0.25, -0.2) is 0 Å². The Balaban J connectivity index is 3.39. The van der Waals surface area contributed by atoms with Gasteiger partial charge in [0.2, 0.25) is 5.84 Å². The standard InChI is InChI=1S/C9H12N4O2/c1-6-4-3-5-13(8(6)10)9(12-15)7(2)11-14/h3-5,10,14-15H,1-2H3/b10-8?,11-7+,12-9+. The summed E-state index contributed by atoms with van der Waals surface area (Å²) >= 11 is 0. The normalized spacial score (nSPS) is 12.9. The lowest BCUT2D eigenvalue weighted by Gasteiger charge is -2.08. The molecule has 0 saturated heterocycles.